The van der Waals surface area contributed by atoms with E-state index < -0.39 is 0 Å². The van der Waals surface area contributed by atoms with E-state index in [1.165, 1.54) is 0 Å². The first-order valence-corrected chi connectivity index (χ1v) is 10.7. The van der Waals surface area contributed by atoms with Gasteiger partial charge in [0.25, 0.3) is 5.91 Å². The van der Waals surface area contributed by atoms with Crippen LogP contribution in [0.5, 0.6) is 11.5 Å². The first-order chi connectivity index (χ1) is 15.2. The van der Waals surface area contributed by atoms with E-state index in [2.05, 4.69) is 20.9 Å². The van der Waals surface area contributed by atoms with Gasteiger partial charge < -0.3 is 30.2 Å². The molecule has 0 aliphatic carbocycles. The highest BCUT2D eigenvalue weighted by Gasteiger charge is 2.16. The van der Waals surface area contributed by atoms with Crippen LogP contribution in [0.15, 0.2) is 42.5 Å². The smallest absolute Gasteiger partial charge is 0.257 e. The SMILES string of the molecule is O=C(Nc1ccc2c(c1)OCCO2)c1ccccc1NC(=S)NCCN1CCOCC1. The Kier molecular flexibility index (Phi) is 7.18. The summed E-state index contributed by atoms with van der Waals surface area (Å²) in [5.74, 6) is 1.07. The van der Waals surface area contributed by atoms with E-state index in [9.17, 15) is 4.79 Å². The van der Waals surface area contributed by atoms with Crippen LogP contribution in [0.1, 0.15) is 10.4 Å². The lowest BCUT2D eigenvalue weighted by atomic mass is 10.1. The van der Waals surface area contributed by atoms with Gasteiger partial charge in [-0.05, 0) is 36.5 Å². The summed E-state index contributed by atoms with van der Waals surface area (Å²) in [6.07, 6.45) is 0. The molecule has 2 aromatic rings. The molecule has 164 valence electrons. The minimum Gasteiger partial charge on any atom is -0.486 e. The molecule has 3 N–H and O–H groups in total. The molecule has 4 rings (SSSR count). The second kappa shape index (κ2) is 10.4. The molecule has 0 atom stereocenters. The summed E-state index contributed by atoms with van der Waals surface area (Å²) >= 11 is 5.42. The predicted octanol–water partition coefficient (Wildman–Crippen LogP) is 2.33. The summed E-state index contributed by atoms with van der Waals surface area (Å²) in [7, 11) is 0. The molecule has 0 unspecified atom stereocenters. The number of hydrogen-bond donors (Lipinski definition) is 3. The highest BCUT2D eigenvalue weighted by Crippen LogP contribution is 2.32. The van der Waals surface area contributed by atoms with E-state index >= 15 is 0 Å². The molecule has 0 bridgehead atoms. The Hall–Kier alpha value is -2.88. The Morgan fingerprint density at radius 2 is 1.74 bits per heavy atom. The number of ether oxygens (including phenoxy) is 3. The highest BCUT2D eigenvalue weighted by molar-refractivity contribution is 7.80. The Morgan fingerprint density at radius 1 is 0.968 bits per heavy atom. The number of rotatable bonds is 6. The molecule has 9 heteroatoms. The molecule has 0 saturated carbocycles. The first-order valence-electron chi connectivity index (χ1n) is 10.3. The van der Waals surface area contributed by atoms with E-state index in [1.807, 2.05) is 18.2 Å². The lowest BCUT2D eigenvalue weighted by molar-refractivity contribution is 0.0389. The lowest BCUT2D eigenvalue weighted by Crippen LogP contribution is -2.42. The Morgan fingerprint density at radius 3 is 2.58 bits per heavy atom. The fourth-order valence-corrected chi connectivity index (χ4v) is 3.64. The van der Waals surface area contributed by atoms with Crippen molar-refractivity contribution in [2.75, 3.05) is 63.2 Å². The van der Waals surface area contributed by atoms with Crippen LogP contribution >= 0.6 is 12.2 Å². The Labute approximate surface area is 186 Å². The molecule has 1 saturated heterocycles. The summed E-state index contributed by atoms with van der Waals surface area (Å²) in [6, 6.07) is 12.6. The van der Waals surface area contributed by atoms with Crippen molar-refractivity contribution >= 4 is 34.6 Å². The molecule has 2 aromatic carbocycles. The summed E-state index contributed by atoms with van der Waals surface area (Å²) in [4.78, 5) is 15.2. The average Bonchev–Trinajstić information content (AvgIpc) is 2.80. The fraction of sp³-hybridized carbons (Fsp3) is 0.364. The molecular weight excluding hydrogens is 416 g/mol. The number of nitrogens with one attached hydrogen (secondary N) is 3. The molecule has 0 spiro atoms. The number of benzene rings is 2. The van der Waals surface area contributed by atoms with Gasteiger partial charge in [-0.25, -0.2) is 0 Å². The van der Waals surface area contributed by atoms with Crippen molar-refractivity contribution in [1.82, 2.24) is 10.2 Å². The number of carbonyl (C=O) groups is 1. The van der Waals surface area contributed by atoms with E-state index in [1.54, 1.807) is 24.3 Å². The molecular formula is C22H26N4O4S. The van der Waals surface area contributed by atoms with Crippen LogP contribution in [0.25, 0.3) is 0 Å². The number of carbonyl (C=O) groups excluding carboxylic acids is 1. The molecule has 31 heavy (non-hydrogen) atoms. The summed E-state index contributed by atoms with van der Waals surface area (Å²) in [6.45, 7) is 6.04. The quantitative estimate of drug-likeness (QED) is 0.588. The third-order valence-corrected chi connectivity index (χ3v) is 5.28. The van der Waals surface area contributed by atoms with Crippen molar-refractivity contribution in [1.29, 1.82) is 0 Å². The number of amides is 1. The third kappa shape index (κ3) is 5.84. The number of nitrogens with zero attached hydrogens (tertiary/aromatic N) is 1. The maximum absolute atomic E-state index is 12.9. The van der Waals surface area contributed by atoms with Crippen LogP contribution in [-0.4, -0.2) is 68.5 Å². The zero-order valence-electron chi connectivity index (χ0n) is 17.2. The Bertz CT molecular complexity index is 933. The van der Waals surface area contributed by atoms with Gasteiger partial charge in [-0.2, -0.15) is 0 Å². The van der Waals surface area contributed by atoms with Gasteiger partial charge in [-0.15, -0.1) is 0 Å². The van der Waals surface area contributed by atoms with Gasteiger partial charge in [0, 0.05) is 37.9 Å². The maximum Gasteiger partial charge on any atom is 0.257 e. The van der Waals surface area contributed by atoms with Gasteiger partial charge in [-0.1, -0.05) is 12.1 Å². The van der Waals surface area contributed by atoms with Crippen molar-refractivity contribution < 1.29 is 19.0 Å². The average molecular weight is 443 g/mol. The first kappa shape index (κ1) is 21.4. The van der Waals surface area contributed by atoms with E-state index in [0.29, 0.717) is 46.8 Å². The van der Waals surface area contributed by atoms with Gasteiger partial charge in [-0.3, -0.25) is 9.69 Å². The Balaban J connectivity index is 1.34. The number of anilines is 2. The van der Waals surface area contributed by atoms with Gasteiger partial charge in [0.2, 0.25) is 0 Å². The van der Waals surface area contributed by atoms with Crippen LogP contribution in [0.2, 0.25) is 0 Å². The van der Waals surface area contributed by atoms with Gasteiger partial charge >= 0.3 is 0 Å². The largest absolute Gasteiger partial charge is 0.486 e. The zero-order chi connectivity index (χ0) is 21.5. The van der Waals surface area contributed by atoms with Gasteiger partial charge in [0.15, 0.2) is 16.6 Å². The third-order valence-electron chi connectivity index (χ3n) is 5.04. The number of thiocarbonyl (C=S) groups is 1. The lowest BCUT2D eigenvalue weighted by Gasteiger charge is -2.26. The van der Waals surface area contributed by atoms with Crippen LogP contribution < -0.4 is 25.4 Å². The van der Waals surface area contributed by atoms with E-state index in [0.717, 1.165) is 39.4 Å². The van der Waals surface area contributed by atoms with Crippen molar-refractivity contribution in [2.24, 2.45) is 0 Å². The fourth-order valence-electron chi connectivity index (χ4n) is 3.43. The number of hydrogen-bond acceptors (Lipinski definition) is 6. The minimum atomic E-state index is -0.240. The number of fused-ring (bicyclic) bond motifs is 1. The van der Waals surface area contributed by atoms with Crippen LogP contribution in [-0.2, 0) is 4.74 Å². The normalized spacial score (nSPS) is 15.7. The zero-order valence-corrected chi connectivity index (χ0v) is 18.0. The van der Waals surface area contributed by atoms with Crippen molar-refractivity contribution in [3.05, 3.63) is 48.0 Å². The van der Waals surface area contributed by atoms with Crippen LogP contribution in [0.3, 0.4) is 0 Å². The van der Waals surface area contributed by atoms with Crippen molar-refractivity contribution in [2.45, 2.75) is 0 Å². The van der Waals surface area contributed by atoms with Crippen molar-refractivity contribution in [3.8, 4) is 11.5 Å². The molecule has 1 amide bonds. The van der Waals surface area contributed by atoms with Crippen LogP contribution in [0.4, 0.5) is 11.4 Å². The summed E-state index contributed by atoms with van der Waals surface area (Å²) < 4.78 is 16.5. The molecule has 1 fully saturated rings. The van der Waals surface area contributed by atoms with Gasteiger partial charge in [0.05, 0.1) is 24.5 Å². The topological polar surface area (TPSA) is 84.1 Å². The second-order valence-corrected chi connectivity index (χ2v) is 7.60. The minimum absolute atomic E-state index is 0.240. The van der Waals surface area contributed by atoms with Crippen LogP contribution in [0, 0.1) is 0 Å². The highest BCUT2D eigenvalue weighted by atomic mass is 32.1. The number of para-hydroxylation sites is 1. The van der Waals surface area contributed by atoms with E-state index in [4.69, 9.17) is 26.4 Å². The molecule has 0 aromatic heterocycles. The molecule has 2 aliphatic rings. The second-order valence-electron chi connectivity index (χ2n) is 7.19. The van der Waals surface area contributed by atoms with Gasteiger partial charge in [0.1, 0.15) is 13.2 Å². The standard InChI is InChI=1S/C22H26N4O4S/c27-21(24-16-5-6-19-20(15-16)30-14-13-29-19)17-3-1-2-4-18(17)25-22(31)23-7-8-26-9-11-28-12-10-26/h1-6,15H,7-14H2,(H,24,27)(H2,23,25,31). The molecule has 2 heterocycles. The molecule has 2 aliphatic heterocycles. The van der Waals surface area contributed by atoms with E-state index in [-0.39, 0.29) is 5.91 Å². The molecule has 8 nitrogen and oxygen atoms in total. The summed E-state index contributed by atoms with van der Waals surface area (Å²) in [5.41, 5.74) is 1.77. The number of morpholine rings is 1. The maximum atomic E-state index is 12.9. The summed E-state index contributed by atoms with van der Waals surface area (Å²) in [5, 5.41) is 9.73. The monoisotopic (exact) mass is 442 g/mol. The van der Waals surface area contributed by atoms with Crippen molar-refractivity contribution in [3.63, 3.8) is 0 Å². The predicted molar refractivity (Wildman–Crippen MR) is 123 cm³/mol. The molecule has 0 radical (unpaired) electrons.